The zero-order chi connectivity index (χ0) is 15.9. The molecule has 1 N–H and O–H groups in total. The number of benzene rings is 1. The van der Waals surface area contributed by atoms with Crippen LogP contribution in [0.2, 0.25) is 0 Å². The topological polar surface area (TPSA) is 59.3 Å². The molecule has 1 heterocycles. The number of hydrogen-bond donors (Lipinski definition) is 1. The molecule has 0 aliphatic heterocycles. The van der Waals surface area contributed by atoms with Crippen LogP contribution in [0, 0.1) is 6.92 Å². The molecule has 1 aromatic carbocycles. The first kappa shape index (κ1) is 15.3. The van der Waals surface area contributed by atoms with Gasteiger partial charge >= 0.3 is 5.97 Å². The van der Waals surface area contributed by atoms with E-state index in [1.807, 2.05) is 27.7 Å². The molecular formula is C17H21NO3. The monoisotopic (exact) mass is 287 g/mol. The lowest BCUT2D eigenvalue weighted by Gasteiger charge is -2.13. The fraction of sp³-hybridized carbons (Fsp3) is 0.412. The molecule has 112 valence electrons. The van der Waals surface area contributed by atoms with Crippen molar-refractivity contribution in [2.24, 2.45) is 0 Å². The fourth-order valence-corrected chi connectivity index (χ4v) is 3.05. The molecule has 0 aliphatic carbocycles. The molecule has 0 spiro atoms. The molecule has 4 heteroatoms. The number of carboxylic acids is 1. The Morgan fingerprint density at radius 1 is 1.29 bits per heavy atom. The van der Waals surface area contributed by atoms with Crippen LogP contribution in [-0.4, -0.2) is 21.4 Å². The Bertz CT molecular complexity index is 738. The summed E-state index contributed by atoms with van der Waals surface area (Å²) >= 11 is 0. The Morgan fingerprint density at radius 3 is 2.33 bits per heavy atom. The van der Waals surface area contributed by atoms with E-state index >= 15 is 0 Å². The van der Waals surface area contributed by atoms with Gasteiger partial charge in [-0.05, 0) is 44.4 Å². The lowest BCUT2D eigenvalue weighted by molar-refractivity contribution is 0.0696. The molecule has 0 saturated carbocycles. The van der Waals surface area contributed by atoms with Crippen molar-refractivity contribution < 1.29 is 14.7 Å². The van der Waals surface area contributed by atoms with Gasteiger partial charge in [0, 0.05) is 23.2 Å². The number of fused-ring (bicyclic) bond motifs is 1. The van der Waals surface area contributed by atoms with E-state index in [2.05, 4.69) is 4.57 Å². The van der Waals surface area contributed by atoms with Gasteiger partial charge < -0.3 is 9.67 Å². The van der Waals surface area contributed by atoms with E-state index in [1.165, 1.54) is 6.92 Å². The lowest BCUT2D eigenvalue weighted by atomic mass is 9.95. The van der Waals surface area contributed by atoms with Crippen molar-refractivity contribution in [3.63, 3.8) is 0 Å². The van der Waals surface area contributed by atoms with Gasteiger partial charge in [0.2, 0.25) is 0 Å². The van der Waals surface area contributed by atoms with E-state index in [0.29, 0.717) is 5.56 Å². The van der Waals surface area contributed by atoms with Gasteiger partial charge in [-0.15, -0.1) is 0 Å². The molecule has 2 rings (SSSR count). The highest BCUT2D eigenvalue weighted by atomic mass is 16.4. The number of nitrogens with zero attached hydrogens (tertiary/aromatic N) is 1. The van der Waals surface area contributed by atoms with Gasteiger partial charge in [-0.25, -0.2) is 4.79 Å². The molecule has 21 heavy (non-hydrogen) atoms. The van der Waals surface area contributed by atoms with Crippen molar-refractivity contribution in [3.05, 3.63) is 34.5 Å². The summed E-state index contributed by atoms with van der Waals surface area (Å²) < 4.78 is 2.10. The highest BCUT2D eigenvalue weighted by Crippen LogP contribution is 2.33. The van der Waals surface area contributed by atoms with E-state index in [1.54, 1.807) is 12.1 Å². The smallest absolute Gasteiger partial charge is 0.335 e. The number of aryl methyl sites for hydroxylation is 1. The summed E-state index contributed by atoms with van der Waals surface area (Å²) in [6.07, 6.45) is 0. The van der Waals surface area contributed by atoms with Crippen molar-refractivity contribution in [2.45, 2.75) is 47.1 Å². The average molecular weight is 287 g/mol. The molecular weight excluding hydrogens is 266 g/mol. The minimum atomic E-state index is -0.963. The maximum atomic E-state index is 12.0. The Hall–Kier alpha value is -2.10. The number of aromatic nitrogens is 1. The van der Waals surface area contributed by atoms with Crippen molar-refractivity contribution in [1.82, 2.24) is 4.57 Å². The third kappa shape index (κ3) is 2.35. The molecule has 0 saturated heterocycles. The van der Waals surface area contributed by atoms with Crippen LogP contribution in [0.15, 0.2) is 12.1 Å². The molecule has 0 amide bonds. The van der Waals surface area contributed by atoms with Crippen LogP contribution < -0.4 is 0 Å². The zero-order valence-electron chi connectivity index (χ0n) is 13.2. The third-order valence-corrected chi connectivity index (χ3v) is 3.98. The van der Waals surface area contributed by atoms with Crippen molar-refractivity contribution >= 4 is 22.7 Å². The second-order valence-electron chi connectivity index (χ2n) is 5.68. The minimum absolute atomic E-state index is 0.0260. The normalized spacial score (nSPS) is 11.3. The van der Waals surface area contributed by atoms with Gasteiger partial charge in [0.25, 0.3) is 0 Å². The van der Waals surface area contributed by atoms with Crippen molar-refractivity contribution in [2.75, 3.05) is 0 Å². The molecule has 2 aromatic rings. The zero-order valence-corrected chi connectivity index (χ0v) is 13.2. The number of carbonyl (C=O) groups excluding carboxylic acids is 1. The number of ketones is 1. The van der Waals surface area contributed by atoms with Gasteiger partial charge in [0.05, 0.1) is 11.1 Å². The molecule has 0 atom stereocenters. The predicted octanol–water partition coefficient (Wildman–Crippen LogP) is 3.99. The minimum Gasteiger partial charge on any atom is -0.478 e. The van der Waals surface area contributed by atoms with E-state index in [0.717, 1.165) is 28.7 Å². The lowest BCUT2D eigenvalue weighted by Crippen LogP contribution is -2.03. The number of carbonyl (C=O) groups is 2. The molecule has 4 nitrogen and oxygen atoms in total. The van der Waals surface area contributed by atoms with E-state index in [4.69, 9.17) is 0 Å². The standard InChI is InChI=1S/C17H21NO3/c1-6-18-10(4)15(11(5)19)14-8-12(17(20)21)7-13(9(2)3)16(14)18/h7-9H,6H2,1-5H3,(H,20,21). The van der Waals surface area contributed by atoms with Crippen LogP contribution in [0.3, 0.4) is 0 Å². The second kappa shape index (κ2) is 5.35. The van der Waals surface area contributed by atoms with Crippen molar-refractivity contribution in [3.8, 4) is 0 Å². The number of carboxylic acid groups (broad SMARTS) is 1. The summed E-state index contributed by atoms with van der Waals surface area (Å²) in [5.41, 5.74) is 3.74. The maximum absolute atomic E-state index is 12.0. The molecule has 1 aromatic heterocycles. The molecule has 0 aliphatic rings. The Labute approximate surface area is 124 Å². The summed E-state index contributed by atoms with van der Waals surface area (Å²) in [4.78, 5) is 23.4. The molecule has 0 radical (unpaired) electrons. The number of aromatic carboxylic acids is 1. The van der Waals surface area contributed by atoms with Crippen LogP contribution in [0.4, 0.5) is 0 Å². The number of hydrogen-bond acceptors (Lipinski definition) is 2. The summed E-state index contributed by atoms with van der Waals surface area (Å²) in [5, 5.41) is 10.1. The van der Waals surface area contributed by atoms with Crippen LogP contribution >= 0.6 is 0 Å². The Balaban J connectivity index is 3.03. The first-order chi connectivity index (χ1) is 9.79. The molecule has 0 unspecified atom stereocenters. The summed E-state index contributed by atoms with van der Waals surface area (Å²) in [6, 6.07) is 3.35. The summed E-state index contributed by atoms with van der Waals surface area (Å²) in [7, 11) is 0. The average Bonchev–Trinajstić information content (AvgIpc) is 2.68. The summed E-state index contributed by atoms with van der Waals surface area (Å²) in [5.74, 6) is -0.802. The number of rotatable bonds is 4. The van der Waals surface area contributed by atoms with Crippen LogP contribution in [-0.2, 0) is 6.54 Å². The van der Waals surface area contributed by atoms with E-state index in [9.17, 15) is 14.7 Å². The van der Waals surface area contributed by atoms with E-state index in [-0.39, 0.29) is 17.3 Å². The highest BCUT2D eigenvalue weighted by Gasteiger charge is 2.22. The molecule has 0 fully saturated rings. The Kier molecular flexibility index (Phi) is 3.90. The molecule has 0 bridgehead atoms. The van der Waals surface area contributed by atoms with Crippen LogP contribution in [0.25, 0.3) is 10.9 Å². The Morgan fingerprint density at radius 2 is 1.90 bits per heavy atom. The third-order valence-electron chi connectivity index (χ3n) is 3.98. The first-order valence-corrected chi connectivity index (χ1v) is 7.20. The predicted molar refractivity (Wildman–Crippen MR) is 83.4 cm³/mol. The highest BCUT2D eigenvalue weighted by molar-refractivity contribution is 6.10. The van der Waals surface area contributed by atoms with Gasteiger partial charge in [-0.2, -0.15) is 0 Å². The quantitative estimate of drug-likeness (QED) is 0.865. The maximum Gasteiger partial charge on any atom is 0.335 e. The fourth-order valence-electron chi connectivity index (χ4n) is 3.05. The van der Waals surface area contributed by atoms with Gasteiger partial charge in [-0.3, -0.25) is 4.79 Å². The van der Waals surface area contributed by atoms with Gasteiger partial charge in [0.1, 0.15) is 0 Å². The van der Waals surface area contributed by atoms with E-state index < -0.39 is 5.97 Å². The van der Waals surface area contributed by atoms with Crippen molar-refractivity contribution in [1.29, 1.82) is 0 Å². The van der Waals surface area contributed by atoms with Crippen LogP contribution in [0.5, 0.6) is 0 Å². The second-order valence-corrected chi connectivity index (χ2v) is 5.68. The first-order valence-electron chi connectivity index (χ1n) is 7.20. The number of Topliss-reactive ketones (excluding diaryl/α,β-unsaturated/α-hetero) is 1. The van der Waals surface area contributed by atoms with Crippen LogP contribution in [0.1, 0.15) is 65.6 Å². The SMILES string of the molecule is CCn1c(C)c(C(C)=O)c2cc(C(=O)O)cc(C(C)C)c21. The van der Waals surface area contributed by atoms with Gasteiger partial charge in [0.15, 0.2) is 5.78 Å². The van der Waals surface area contributed by atoms with Gasteiger partial charge in [-0.1, -0.05) is 13.8 Å². The largest absolute Gasteiger partial charge is 0.478 e. The summed E-state index contributed by atoms with van der Waals surface area (Å²) in [6.45, 7) is 10.3.